The largest absolute Gasteiger partial charge is 0.416 e. The number of hydrogen-bond acceptors (Lipinski definition) is 4. The number of nitrogens with zero attached hydrogens (tertiary/aromatic N) is 2. The molecule has 1 N–H and O–H groups in total. The normalized spacial score (nSPS) is 11.5. The lowest BCUT2D eigenvalue weighted by Crippen LogP contribution is -2.27. The first kappa shape index (κ1) is 23.9. The van der Waals surface area contributed by atoms with Gasteiger partial charge in [-0.1, -0.05) is 6.07 Å². The number of aromatic nitrogens is 2. The Bertz CT molecular complexity index is 1490. The Labute approximate surface area is 198 Å². The van der Waals surface area contributed by atoms with Gasteiger partial charge in [-0.05, 0) is 74.0 Å². The summed E-state index contributed by atoms with van der Waals surface area (Å²) in [6, 6.07) is 14.1. The molecule has 178 valence electrons. The number of nitrogens with one attached hydrogen (secondary N) is 1. The van der Waals surface area contributed by atoms with Crippen LogP contribution in [0.1, 0.15) is 44.5 Å². The zero-order valence-electron chi connectivity index (χ0n) is 18.8. The SMILES string of the molecule is CC(=O)c1c(C)c2cc(C(=O)NCc3ccccn3)ccc2n(-c2ccc(C(F)(F)F)cc2)c1=O. The summed E-state index contributed by atoms with van der Waals surface area (Å²) in [5.74, 6) is -0.867. The summed E-state index contributed by atoms with van der Waals surface area (Å²) in [6.45, 7) is 3.06. The van der Waals surface area contributed by atoms with Crippen molar-refractivity contribution in [2.24, 2.45) is 0 Å². The maximum absolute atomic E-state index is 13.2. The number of fused-ring (bicyclic) bond motifs is 1. The summed E-state index contributed by atoms with van der Waals surface area (Å²) in [5, 5.41) is 3.23. The van der Waals surface area contributed by atoms with Crippen LogP contribution in [-0.2, 0) is 12.7 Å². The van der Waals surface area contributed by atoms with Gasteiger partial charge in [-0.25, -0.2) is 0 Å². The molecule has 4 rings (SSSR count). The van der Waals surface area contributed by atoms with Crippen LogP contribution in [0.15, 0.2) is 71.7 Å². The van der Waals surface area contributed by atoms with Crippen molar-refractivity contribution in [1.29, 1.82) is 0 Å². The third-order valence-corrected chi connectivity index (χ3v) is 5.66. The molecule has 9 heteroatoms. The molecule has 35 heavy (non-hydrogen) atoms. The van der Waals surface area contributed by atoms with Gasteiger partial charge < -0.3 is 5.32 Å². The lowest BCUT2D eigenvalue weighted by atomic mass is 9.99. The Balaban J connectivity index is 1.82. The lowest BCUT2D eigenvalue weighted by molar-refractivity contribution is -0.137. The smallest absolute Gasteiger partial charge is 0.346 e. The number of rotatable bonds is 5. The topological polar surface area (TPSA) is 81.1 Å². The van der Waals surface area contributed by atoms with Gasteiger partial charge in [-0.3, -0.25) is 23.9 Å². The van der Waals surface area contributed by atoms with Crippen molar-refractivity contribution in [3.63, 3.8) is 0 Å². The minimum absolute atomic E-state index is 0.0940. The number of aryl methyl sites for hydroxylation is 1. The molecule has 0 aliphatic carbocycles. The van der Waals surface area contributed by atoms with Crippen LogP contribution in [-0.4, -0.2) is 21.2 Å². The highest BCUT2D eigenvalue weighted by Gasteiger charge is 2.30. The fourth-order valence-corrected chi connectivity index (χ4v) is 3.93. The van der Waals surface area contributed by atoms with Gasteiger partial charge in [0.05, 0.1) is 28.9 Å². The van der Waals surface area contributed by atoms with Crippen LogP contribution < -0.4 is 10.9 Å². The Morgan fingerprint density at radius 3 is 2.34 bits per heavy atom. The molecule has 0 fully saturated rings. The summed E-state index contributed by atoms with van der Waals surface area (Å²) in [6.07, 6.45) is -2.91. The summed E-state index contributed by atoms with van der Waals surface area (Å²) in [7, 11) is 0. The highest BCUT2D eigenvalue weighted by atomic mass is 19.4. The Kier molecular flexibility index (Phi) is 6.26. The molecule has 0 radical (unpaired) electrons. The van der Waals surface area contributed by atoms with Crippen LogP contribution >= 0.6 is 0 Å². The zero-order valence-corrected chi connectivity index (χ0v) is 18.8. The number of amides is 1. The molecule has 0 aliphatic rings. The van der Waals surface area contributed by atoms with Crippen LogP contribution in [0.2, 0.25) is 0 Å². The average molecular weight is 479 g/mol. The third-order valence-electron chi connectivity index (χ3n) is 5.66. The number of benzene rings is 2. The first-order valence-electron chi connectivity index (χ1n) is 10.6. The molecule has 0 unspecified atom stereocenters. The second-order valence-corrected chi connectivity index (χ2v) is 7.98. The van der Waals surface area contributed by atoms with Crippen molar-refractivity contribution in [3.8, 4) is 5.69 Å². The van der Waals surface area contributed by atoms with E-state index in [-0.39, 0.29) is 23.7 Å². The first-order valence-corrected chi connectivity index (χ1v) is 10.6. The zero-order chi connectivity index (χ0) is 25.3. The minimum atomic E-state index is -4.53. The highest BCUT2D eigenvalue weighted by molar-refractivity contribution is 6.03. The van der Waals surface area contributed by atoms with Crippen LogP contribution in [0.25, 0.3) is 16.6 Å². The lowest BCUT2D eigenvalue weighted by Gasteiger charge is -2.17. The second kappa shape index (κ2) is 9.17. The van der Waals surface area contributed by atoms with Gasteiger partial charge in [0.15, 0.2) is 5.78 Å². The number of halogens is 3. The minimum Gasteiger partial charge on any atom is -0.346 e. The van der Waals surface area contributed by atoms with Crippen LogP contribution in [0.3, 0.4) is 0 Å². The number of carbonyl (C=O) groups excluding carboxylic acids is 2. The number of hydrogen-bond donors (Lipinski definition) is 1. The fraction of sp³-hybridized carbons (Fsp3) is 0.154. The van der Waals surface area contributed by atoms with E-state index in [9.17, 15) is 27.6 Å². The van der Waals surface area contributed by atoms with Gasteiger partial charge in [-0.2, -0.15) is 13.2 Å². The Morgan fingerprint density at radius 2 is 1.74 bits per heavy atom. The molecular formula is C26H20F3N3O3. The number of alkyl halides is 3. The summed E-state index contributed by atoms with van der Waals surface area (Å²) < 4.78 is 40.2. The van der Waals surface area contributed by atoms with Crippen molar-refractivity contribution in [1.82, 2.24) is 14.9 Å². The highest BCUT2D eigenvalue weighted by Crippen LogP contribution is 2.30. The molecular weight excluding hydrogens is 459 g/mol. The van der Waals surface area contributed by atoms with E-state index < -0.39 is 23.1 Å². The molecule has 2 heterocycles. The first-order chi connectivity index (χ1) is 16.6. The number of pyridine rings is 2. The van der Waals surface area contributed by atoms with E-state index in [1.165, 1.54) is 29.7 Å². The van der Waals surface area contributed by atoms with Gasteiger partial charge in [0, 0.05) is 22.8 Å². The molecule has 0 bridgehead atoms. The van der Waals surface area contributed by atoms with Gasteiger partial charge >= 0.3 is 6.18 Å². The molecule has 6 nitrogen and oxygen atoms in total. The monoisotopic (exact) mass is 479 g/mol. The molecule has 2 aromatic carbocycles. The molecule has 2 aromatic heterocycles. The van der Waals surface area contributed by atoms with Crippen LogP contribution in [0, 0.1) is 6.92 Å². The predicted molar refractivity (Wildman–Crippen MR) is 125 cm³/mol. The molecule has 1 amide bonds. The Hall–Kier alpha value is -4.27. The standard InChI is InChI=1S/C26H20F3N3O3/c1-15-21-13-17(24(34)31-14-19-5-3-4-12-30-19)6-11-22(21)32(25(35)23(15)16(2)33)20-9-7-18(8-10-20)26(27,28)29/h3-13H,14H2,1-2H3,(H,31,34). The molecule has 0 saturated heterocycles. The van der Waals surface area contributed by atoms with Crippen molar-refractivity contribution in [2.75, 3.05) is 0 Å². The van der Waals surface area contributed by atoms with Gasteiger partial charge in [0.25, 0.3) is 11.5 Å². The summed E-state index contributed by atoms with van der Waals surface area (Å²) in [5.41, 5.74) is 0.292. The van der Waals surface area contributed by atoms with Crippen LogP contribution in [0.5, 0.6) is 0 Å². The van der Waals surface area contributed by atoms with E-state index in [0.29, 0.717) is 27.7 Å². The quantitative estimate of drug-likeness (QED) is 0.415. The van der Waals surface area contributed by atoms with E-state index >= 15 is 0 Å². The molecule has 0 atom stereocenters. The molecule has 0 spiro atoms. The van der Waals surface area contributed by atoms with Gasteiger partial charge in [0.2, 0.25) is 0 Å². The number of Topliss-reactive ketones (excluding diaryl/α,β-unsaturated/α-hetero) is 1. The van der Waals surface area contributed by atoms with E-state index in [1.54, 1.807) is 43.5 Å². The number of ketones is 1. The number of carbonyl (C=O) groups is 2. The van der Waals surface area contributed by atoms with Crippen LogP contribution in [0.4, 0.5) is 13.2 Å². The van der Waals surface area contributed by atoms with E-state index in [4.69, 9.17) is 0 Å². The molecule has 4 aromatic rings. The maximum atomic E-state index is 13.2. The van der Waals surface area contributed by atoms with Crippen molar-refractivity contribution in [2.45, 2.75) is 26.6 Å². The van der Waals surface area contributed by atoms with E-state index in [2.05, 4.69) is 10.3 Å². The van der Waals surface area contributed by atoms with E-state index in [0.717, 1.165) is 12.1 Å². The second-order valence-electron chi connectivity index (χ2n) is 7.98. The van der Waals surface area contributed by atoms with Crippen molar-refractivity contribution in [3.05, 3.63) is 105 Å². The maximum Gasteiger partial charge on any atom is 0.416 e. The molecule has 0 saturated carbocycles. The predicted octanol–water partition coefficient (Wildman–Crippen LogP) is 4.85. The summed E-state index contributed by atoms with van der Waals surface area (Å²) in [4.78, 5) is 42.5. The van der Waals surface area contributed by atoms with Gasteiger partial charge in [0.1, 0.15) is 0 Å². The third kappa shape index (κ3) is 4.70. The van der Waals surface area contributed by atoms with Crippen molar-refractivity contribution < 1.29 is 22.8 Å². The average Bonchev–Trinajstić information content (AvgIpc) is 2.82. The Morgan fingerprint density at radius 1 is 1.03 bits per heavy atom. The van der Waals surface area contributed by atoms with E-state index in [1.807, 2.05) is 0 Å². The summed E-state index contributed by atoms with van der Waals surface area (Å²) >= 11 is 0. The molecule has 0 aliphatic heterocycles. The fourth-order valence-electron chi connectivity index (χ4n) is 3.93. The van der Waals surface area contributed by atoms with Crippen molar-refractivity contribution >= 4 is 22.6 Å². The van der Waals surface area contributed by atoms with Gasteiger partial charge in [-0.15, -0.1) is 0 Å².